The summed E-state index contributed by atoms with van der Waals surface area (Å²) in [4.78, 5) is 0. The van der Waals surface area contributed by atoms with Crippen molar-refractivity contribution in [3.63, 3.8) is 0 Å². The standard InChI is InChI=1S/C6H15N.Na.H/c1-2-3-4-5-6-7;;/h2-7H2,1H3;;. The molecule has 0 aliphatic rings. The van der Waals surface area contributed by atoms with E-state index in [2.05, 4.69) is 6.92 Å². The van der Waals surface area contributed by atoms with Gasteiger partial charge in [0.1, 0.15) is 0 Å². The maximum atomic E-state index is 5.27. The van der Waals surface area contributed by atoms with Gasteiger partial charge in [-0.15, -0.1) is 0 Å². The van der Waals surface area contributed by atoms with Crippen LogP contribution in [0.25, 0.3) is 0 Å². The fourth-order valence-corrected chi connectivity index (χ4v) is 0.571. The molecule has 0 saturated heterocycles. The average Bonchev–Trinajstić information content (AvgIpc) is 1.69. The minimum atomic E-state index is 0. The summed E-state index contributed by atoms with van der Waals surface area (Å²) in [7, 11) is 0. The summed E-state index contributed by atoms with van der Waals surface area (Å²) < 4.78 is 0. The molecule has 0 bridgehead atoms. The molecule has 0 rings (SSSR count). The Morgan fingerprint density at radius 1 is 1.12 bits per heavy atom. The van der Waals surface area contributed by atoms with Crippen LogP contribution in [0.2, 0.25) is 0 Å². The van der Waals surface area contributed by atoms with Gasteiger partial charge in [0.05, 0.1) is 0 Å². The third kappa shape index (κ3) is 10.0. The molecule has 0 atom stereocenters. The SMILES string of the molecule is CCCCCCN.[NaH]. The fraction of sp³-hybridized carbons (Fsp3) is 1.00. The molecule has 2 heteroatoms. The number of nitrogens with two attached hydrogens (primary N) is 1. The normalized spacial score (nSPS) is 8.25. The summed E-state index contributed by atoms with van der Waals surface area (Å²) in [6.45, 7) is 3.07. The van der Waals surface area contributed by atoms with Crippen molar-refractivity contribution >= 4 is 29.6 Å². The van der Waals surface area contributed by atoms with E-state index in [1.165, 1.54) is 25.7 Å². The predicted molar refractivity (Wildman–Crippen MR) is 40.3 cm³/mol. The molecule has 0 saturated carbocycles. The topological polar surface area (TPSA) is 26.0 Å². The summed E-state index contributed by atoms with van der Waals surface area (Å²) >= 11 is 0. The van der Waals surface area contributed by atoms with E-state index in [1.807, 2.05) is 0 Å². The minimum absolute atomic E-state index is 0. The van der Waals surface area contributed by atoms with Crippen molar-refractivity contribution < 1.29 is 0 Å². The number of unbranched alkanes of at least 4 members (excludes halogenated alkanes) is 3. The Hall–Kier alpha value is 0.960. The van der Waals surface area contributed by atoms with E-state index < -0.39 is 0 Å². The van der Waals surface area contributed by atoms with E-state index in [1.54, 1.807) is 0 Å². The average molecular weight is 125 g/mol. The molecule has 0 unspecified atom stereocenters. The van der Waals surface area contributed by atoms with Crippen LogP contribution in [0.5, 0.6) is 0 Å². The second-order valence-electron chi connectivity index (χ2n) is 1.85. The predicted octanol–water partition coefficient (Wildman–Crippen LogP) is 0.877. The Bertz CT molecular complexity index is 27.7. The van der Waals surface area contributed by atoms with Crippen LogP contribution < -0.4 is 5.73 Å². The Morgan fingerprint density at radius 3 is 2.12 bits per heavy atom. The number of hydrogen-bond acceptors (Lipinski definition) is 1. The van der Waals surface area contributed by atoms with Crippen molar-refractivity contribution in [3.05, 3.63) is 0 Å². The van der Waals surface area contributed by atoms with Crippen LogP contribution >= 0.6 is 0 Å². The van der Waals surface area contributed by atoms with Crippen LogP contribution in [0.3, 0.4) is 0 Å². The van der Waals surface area contributed by atoms with Crippen molar-refractivity contribution in [2.24, 2.45) is 5.73 Å². The first-order valence-corrected chi connectivity index (χ1v) is 3.12. The summed E-state index contributed by atoms with van der Waals surface area (Å²) in [5.74, 6) is 0. The van der Waals surface area contributed by atoms with E-state index in [-0.39, 0.29) is 29.6 Å². The van der Waals surface area contributed by atoms with Gasteiger partial charge in [0.2, 0.25) is 0 Å². The third-order valence-electron chi connectivity index (χ3n) is 1.06. The van der Waals surface area contributed by atoms with Gasteiger partial charge < -0.3 is 5.73 Å². The number of rotatable bonds is 4. The molecule has 46 valence electrons. The van der Waals surface area contributed by atoms with Gasteiger partial charge in [-0.1, -0.05) is 26.2 Å². The number of hydrogen-bond donors (Lipinski definition) is 1. The zero-order valence-corrected chi connectivity index (χ0v) is 5.11. The molecule has 0 aromatic rings. The zero-order valence-electron chi connectivity index (χ0n) is 5.11. The molecule has 0 radical (unpaired) electrons. The van der Waals surface area contributed by atoms with Gasteiger partial charge in [-0.25, -0.2) is 0 Å². The fourth-order valence-electron chi connectivity index (χ4n) is 0.571. The molecule has 0 heterocycles. The Morgan fingerprint density at radius 2 is 1.75 bits per heavy atom. The van der Waals surface area contributed by atoms with Crippen LogP contribution in [-0.2, 0) is 0 Å². The molecule has 0 aliphatic carbocycles. The van der Waals surface area contributed by atoms with E-state index in [9.17, 15) is 0 Å². The molecular formula is C6H16NNa. The summed E-state index contributed by atoms with van der Waals surface area (Å²) in [6, 6.07) is 0. The van der Waals surface area contributed by atoms with Gasteiger partial charge in [-0.3, -0.25) is 0 Å². The summed E-state index contributed by atoms with van der Waals surface area (Å²) in [5.41, 5.74) is 5.27. The van der Waals surface area contributed by atoms with Crippen LogP contribution in [-0.4, -0.2) is 36.1 Å². The van der Waals surface area contributed by atoms with Gasteiger partial charge in [0.15, 0.2) is 0 Å². The van der Waals surface area contributed by atoms with Gasteiger partial charge >= 0.3 is 29.6 Å². The first-order valence-electron chi connectivity index (χ1n) is 3.12. The molecule has 0 fully saturated rings. The molecule has 0 aliphatic heterocycles. The Kier molecular flexibility index (Phi) is 15.9. The second kappa shape index (κ2) is 10.9. The first kappa shape index (κ1) is 11.7. The van der Waals surface area contributed by atoms with Crippen molar-refractivity contribution in [2.45, 2.75) is 32.6 Å². The van der Waals surface area contributed by atoms with Crippen LogP contribution in [0.4, 0.5) is 0 Å². The molecule has 8 heavy (non-hydrogen) atoms. The van der Waals surface area contributed by atoms with Gasteiger partial charge in [-0.05, 0) is 13.0 Å². The third-order valence-corrected chi connectivity index (χ3v) is 1.06. The summed E-state index contributed by atoms with van der Waals surface area (Å²) in [5, 5.41) is 0. The van der Waals surface area contributed by atoms with Gasteiger partial charge in [0, 0.05) is 0 Å². The van der Waals surface area contributed by atoms with Crippen LogP contribution in [0.15, 0.2) is 0 Å². The summed E-state index contributed by atoms with van der Waals surface area (Å²) in [6.07, 6.45) is 5.16. The van der Waals surface area contributed by atoms with Gasteiger partial charge in [-0.2, -0.15) is 0 Å². The molecule has 0 amide bonds. The van der Waals surface area contributed by atoms with Crippen molar-refractivity contribution in [3.8, 4) is 0 Å². The van der Waals surface area contributed by atoms with Crippen LogP contribution in [0, 0.1) is 0 Å². The van der Waals surface area contributed by atoms with Crippen molar-refractivity contribution in [1.29, 1.82) is 0 Å². The molecular weight excluding hydrogens is 109 g/mol. The van der Waals surface area contributed by atoms with Crippen molar-refractivity contribution in [1.82, 2.24) is 0 Å². The first-order chi connectivity index (χ1) is 3.41. The molecule has 0 aromatic carbocycles. The Labute approximate surface area is 74.3 Å². The van der Waals surface area contributed by atoms with E-state index in [0.29, 0.717) is 0 Å². The maximum absolute atomic E-state index is 5.27. The van der Waals surface area contributed by atoms with E-state index in [4.69, 9.17) is 5.73 Å². The van der Waals surface area contributed by atoms with Crippen molar-refractivity contribution in [2.75, 3.05) is 6.54 Å². The monoisotopic (exact) mass is 125 g/mol. The van der Waals surface area contributed by atoms with Crippen LogP contribution in [0.1, 0.15) is 32.6 Å². The quantitative estimate of drug-likeness (QED) is 0.438. The van der Waals surface area contributed by atoms with E-state index >= 15 is 0 Å². The zero-order chi connectivity index (χ0) is 5.54. The molecule has 2 N–H and O–H groups in total. The molecule has 1 nitrogen and oxygen atoms in total. The Balaban J connectivity index is 0. The molecule has 0 aromatic heterocycles. The second-order valence-corrected chi connectivity index (χ2v) is 1.85. The van der Waals surface area contributed by atoms with Gasteiger partial charge in [0.25, 0.3) is 0 Å². The van der Waals surface area contributed by atoms with E-state index in [0.717, 1.165) is 6.54 Å². The molecule has 0 spiro atoms.